The van der Waals surface area contributed by atoms with E-state index in [0.717, 1.165) is 0 Å². The van der Waals surface area contributed by atoms with Gasteiger partial charge in [0.1, 0.15) is 10.7 Å². The molecule has 1 aromatic rings. The summed E-state index contributed by atoms with van der Waals surface area (Å²) in [6, 6.07) is 7.21. The number of rotatable bonds is 5. The number of ether oxygens (including phenoxy) is 2. The fourth-order valence-corrected chi connectivity index (χ4v) is 2.11. The van der Waals surface area contributed by atoms with Crippen LogP contribution in [0.3, 0.4) is 0 Å². The lowest BCUT2D eigenvalue weighted by Gasteiger charge is -2.26. The Morgan fingerprint density at radius 3 is 2.73 bits per heavy atom. The van der Waals surface area contributed by atoms with Crippen LogP contribution in [0.15, 0.2) is 29.4 Å². The number of hydrazone groups is 1. The van der Waals surface area contributed by atoms with E-state index < -0.39 is 0 Å². The summed E-state index contributed by atoms with van der Waals surface area (Å²) in [5, 5.41) is 4.07. The van der Waals surface area contributed by atoms with Crippen LogP contribution in [0.1, 0.15) is 0 Å². The summed E-state index contributed by atoms with van der Waals surface area (Å²) in [6.07, 6.45) is 0. The molecular formula is C14H18N4O3S. The molecule has 0 radical (unpaired) electrons. The maximum Gasteiger partial charge on any atom is 0.277 e. The monoisotopic (exact) mass is 322 g/mol. The number of hydrogen-bond acceptors (Lipinski definition) is 6. The van der Waals surface area contributed by atoms with E-state index in [1.54, 1.807) is 24.1 Å². The molecule has 1 aromatic carbocycles. The van der Waals surface area contributed by atoms with Crippen LogP contribution in [0.2, 0.25) is 0 Å². The van der Waals surface area contributed by atoms with Gasteiger partial charge in [-0.25, -0.2) is 0 Å². The van der Waals surface area contributed by atoms with E-state index in [2.05, 4.69) is 10.5 Å². The number of benzene rings is 1. The fraction of sp³-hybridized carbons (Fsp3) is 0.357. The zero-order chi connectivity index (χ0) is 15.9. The van der Waals surface area contributed by atoms with Gasteiger partial charge in [0, 0.05) is 13.1 Å². The predicted octanol–water partition coefficient (Wildman–Crippen LogP) is 0.608. The molecule has 1 aliphatic heterocycles. The van der Waals surface area contributed by atoms with Gasteiger partial charge in [0.15, 0.2) is 5.71 Å². The van der Waals surface area contributed by atoms with Gasteiger partial charge in [-0.3, -0.25) is 10.2 Å². The molecule has 8 heteroatoms. The van der Waals surface area contributed by atoms with Gasteiger partial charge in [-0.1, -0.05) is 24.4 Å². The summed E-state index contributed by atoms with van der Waals surface area (Å²) < 4.78 is 10.4. The number of carbonyl (C=O) groups excluding carboxylic acids is 1. The SMILES string of the molecule is COc1ccccc1NN=C(C(=O)N1CCOCC1)C(N)=S. The van der Waals surface area contributed by atoms with Gasteiger partial charge in [-0.15, -0.1) is 0 Å². The molecule has 1 saturated heterocycles. The van der Waals surface area contributed by atoms with Crippen molar-refractivity contribution in [1.82, 2.24) is 4.90 Å². The molecule has 2 rings (SSSR count). The molecular weight excluding hydrogens is 304 g/mol. The first-order valence-corrected chi connectivity index (χ1v) is 7.18. The first-order valence-electron chi connectivity index (χ1n) is 6.77. The van der Waals surface area contributed by atoms with E-state index in [1.807, 2.05) is 12.1 Å². The van der Waals surface area contributed by atoms with Crippen LogP contribution in [0.4, 0.5) is 5.69 Å². The van der Waals surface area contributed by atoms with Gasteiger partial charge in [0.05, 0.1) is 26.0 Å². The first-order chi connectivity index (χ1) is 10.6. The smallest absolute Gasteiger partial charge is 0.277 e. The van der Waals surface area contributed by atoms with Crippen LogP contribution >= 0.6 is 12.2 Å². The quantitative estimate of drug-likeness (QED) is 0.469. The zero-order valence-electron chi connectivity index (χ0n) is 12.2. The number of methoxy groups -OCH3 is 1. The van der Waals surface area contributed by atoms with Crippen LogP contribution in [-0.4, -0.2) is 54.9 Å². The second kappa shape index (κ2) is 7.71. The van der Waals surface area contributed by atoms with Gasteiger partial charge in [0.25, 0.3) is 5.91 Å². The van der Waals surface area contributed by atoms with Crippen molar-refractivity contribution in [1.29, 1.82) is 0 Å². The molecule has 3 N–H and O–H groups in total. The molecule has 0 aliphatic carbocycles. The Labute approximate surface area is 134 Å². The van der Waals surface area contributed by atoms with Crippen LogP contribution in [-0.2, 0) is 9.53 Å². The Morgan fingerprint density at radius 1 is 1.41 bits per heavy atom. The molecule has 118 valence electrons. The Hall–Kier alpha value is -2.19. The van der Waals surface area contributed by atoms with Gasteiger partial charge in [-0.05, 0) is 12.1 Å². The predicted molar refractivity (Wildman–Crippen MR) is 88.2 cm³/mol. The number of thiocarbonyl (C=S) groups is 1. The Morgan fingerprint density at radius 2 is 2.09 bits per heavy atom. The highest BCUT2D eigenvalue weighted by Gasteiger charge is 2.24. The van der Waals surface area contributed by atoms with Crippen molar-refractivity contribution < 1.29 is 14.3 Å². The number of amides is 1. The highest BCUT2D eigenvalue weighted by Crippen LogP contribution is 2.22. The average molecular weight is 322 g/mol. The molecule has 0 bridgehead atoms. The fourth-order valence-electron chi connectivity index (χ4n) is 1.98. The molecule has 1 aliphatic rings. The Kier molecular flexibility index (Phi) is 5.68. The van der Waals surface area contributed by atoms with Gasteiger partial charge in [-0.2, -0.15) is 5.10 Å². The van der Waals surface area contributed by atoms with E-state index in [-0.39, 0.29) is 16.6 Å². The molecule has 0 saturated carbocycles. The number of carbonyl (C=O) groups is 1. The van der Waals surface area contributed by atoms with E-state index in [0.29, 0.717) is 37.7 Å². The summed E-state index contributed by atoms with van der Waals surface area (Å²) in [5.41, 5.74) is 9.05. The number of nitrogens with two attached hydrogens (primary N) is 1. The summed E-state index contributed by atoms with van der Waals surface area (Å²) in [7, 11) is 1.55. The molecule has 1 fully saturated rings. The molecule has 7 nitrogen and oxygen atoms in total. The van der Waals surface area contributed by atoms with Crippen molar-refractivity contribution in [2.45, 2.75) is 0 Å². The van der Waals surface area contributed by atoms with Crippen molar-refractivity contribution >= 4 is 34.5 Å². The standard InChI is InChI=1S/C14H18N4O3S/c1-20-11-5-3-2-4-10(11)16-17-12(13(15)22)14(19)18-6-8-21-9-7-18/h2-5,16H,6-9H2,1H3,(H2,15,22). The van der Waals surface area contributed by atoms with E-state index >= 15 is 0 Å². The van der Waals surface area contributed by atoms with Crippen molar-refractivity contribution in [3.8, 4) is 5.75 Å². The van der Waals surface area contributed by atoms with Crippen molar-refractivity contribution in [3.63, 3.8) is 0 Å². The summed E-state index contributed by atoms with van der Waals surface area (Å²) in [6.45, 7) is 1.98. The molecule has 1 heterocycles. The third-order valence-corrected chi connectivity index (χ3v) is 3.32. The topological polar surface area (TPSA) is 89.2 Å². The van der Waals surface area contributed by atoms with Crippen molar-refractivity contribution in [2.24, 2.45) is 10.8 Å². The number of hydrogen-bond donors (Lipinski definition) is 2. The van der Waals surface area contributed by atoms with Crippen LogP contribution in [0.25, 0.3) is 0 Å². The Bertz CT molecular complexity index is 585. The second-order valence-corrected chi connectivity index (χ2v) is 4.98. The normalized spacial score (nSPS) is 15.3. The molecule has 0 atom stereocenters. The maximum absolute atomic E-state index is 12.4. The molecule has 0 aromatic heterocycles. The number of para-hydroxylation sites is 2. The first kappa shape index (κ1) is 16.2. The molecule has 0 unspecified atom stereocenters. The maximum atomic E-state index is 12.4. The number of morpholine rings is 1. The minimum absolute atomic E-state index is 0.0165. The minimum Gasteiger partial charge on any atom is -0.495 e. The lowest BCUT2D eigenvalue weighted by Crippen LogP contribution is -2.47. The highest BCUT2D eigenvalue weighted by atomic mass is 32.1. The molecule has 22 heavy (non-hydrogen) atoms. The van der Waals surface area contributed by atoms with Gasteiger partial charge in [0.2, 0.25) is 0 Å². The van der Waals surface area contributed by atoms with Crippen LogP contribution in [0, 0.1) is 0 Å². The largest absolute Gasteiger partial charge is 0.495 e. The number of nitrogens with zero attached hydrogens (tertiary/aromatic N) is 2. The van der Waals surface area contributed by atoms with E-state index in [9.17, 15) is 4.79 Å². The van der Waals surface area contributed by atoms with E-state index in [4.69, 9.17) is 27.4 Å². The number of anilines is 1. The lowest BCUT2D eigenvalue weighted by molar-refractivity contribution is -0.127. The third-order valence-electron chi connectivity index (χ3n) is 3.13. The van der Waals surface area contributed by atoms with Gasteiger partial charge >= 0.3 is 0 Å². The van der Waals surface area contributed by atoms with Gasteiger partial charge < -0.3 is 20.1 Å². The highest BCUT2D eigenvalue weighted by molar-refractivity contribution is 7.82. The zero-order valence-corrected chi connectivity index (χ0v) is 13.1. The molecule has 1 amide bonds. The number of nitrogens with one attached hydrogen (secondary N) is 1. The lowest BCUT2D eigenvalue weighted by atomic mass is 10.3. The van der Waals surface area contributed by atoms with Crippen molar-refractivity contribution in [2.75, 3.05) is 38.8 Å². The van der Waals surface area contributed by atoms with E-state index in [1.165, 1.54) is 0 Å². The summed E-state index contributed by atoms with van der Waals surface area (Å²) in [4.78, 5) is 14.0. The minimum atomic E-state index is -0.307. The van der Waals surface area contributed by atoms with Crippen molar-refractivity contribution in [3.05, 3.63) is 24.3 Å². The second-order valence-electron chi connectivity index (χ2n) is 4.54. The van der Waals surface area contributed by atoms with Crippen LogP contribution < -0.4 is 15.9 Å². The molecule has 0 spiro atoms. The average Bonchev–Trinajstić information content (AvgIpc) is 2.55. The van der Waals surface area contributed by atoms with Crippen LogP contribution in [0.5, 0.6) is 5.75 Å². The third kappa shape index (κ3) is 3.92. The summed E-state index contributed by atoms with van der Waals surface area (Å²) in [5.74, 6) is 0.297. The summed E-state index contributed by atoms with van der Waals surface area (Å²) >= 11 is 4.94. The Balaban J connectivity index is 2.16.